The quantitative estimate of drug-likeness (QED) is 0.250. The lowest BCUT2D eigenvalue weighted by atomic mass is 10.0. The van der Waals surface area contributed by atoms with E-state index in [1.54, 1.807) is 0 Å². The van der Waals surface area contributed by atoms with Crippen molar-refractivity contribution in [3.05, 3.63) is 89.2 Å². The number of carbonyl (C=O) groups is 3. The molecule has 3 heterocycles. The van der Waals surface area contributed by atoms with Gasteiger partial charge in [0.25, 0.3) is 0 Å². The number of nitrogens with zero attached hydrogens (tertiary/aromatic N) is 7. The zero-order valence-electron chi connectivity index (χ0n) is 21.2. The van der Waals surface area contributed by atoms with Crippen molar-refractivity contribution in [2.24, 2.45) is 0 Å². The summed E-state index contributed by atoms with van der Waals surface area (Å²) in [5.74, 6) is -4.36. The molecule has 0 amide bonds. The molecule has 0 unspecified atom stereocenters. The highest BCUT2D eigenvalue weighted by atomic mass is 19.1. The van der Waals surface area contributed by atoms with Gasteiger partial charge in [0.1, 0.15) is 23.0 Å². The number of carboxylic acid groups (broad SMARTS) is 2. The van der Waals surface area contributed by atoms with Gasteiger partial charge in [-0.15, -0.1) is 10.2 Å². The maximum atomic E-state index is 14.0. The van der Waals surface area contributed by atoms with E-state index >= 15 is 0 Å². The molecule has 0 fully saturated rings. The Morgan fingerprint density at radius 3 is 1.56 bits per heavy atom. The molecule has 0 radical (unpaired) electrons. The second-order valence-electron chi connectivity index (χ2n) is 8.90. The molecule has 2 N–H and O–H groups in total. The minimum atomic E-state index is -1.31. The van der Waals surface area contributed by atoms with Gasteiger partial charge in [-0.25, -0.2) is 32.7 Å². The van der Waals surface area contributed by atoms with E-state index in [0.29, 0.717) is 12.0 Å². The normalized spacial score (nSPS) is 11.0. The minimum Gasteiger partial charge on any atom is -0.478 e. The average Bonchev–Trinajstić information content (AvgIpc) is 3.63. The van der Waals surface area contributed by atoms with Crippen molar-refractivity contribution in [1.82, 2.24) is 35.0 Å². The van der Waals surface area contributed by atoms with Crippen molar-refractivity contribution >= 4 is 17.7 Å². The van der Waals surface area contributed by atoms with Crippen LogP contribution in [0.2, 0.25) is 0 Å². The highest BCUT2D eigenvalue weighted by Gasteiger charge is 2.18. The number of ketones is 1. The molecule has 206 valence electrons. The number of pyridine rings is 1. The lowest BCUT2D eigenvalue weighted by molar-refractivity contribution is 0.0685. The van der Waals surface area contributed by atoms with E-state index in [1.165, 1.54) is 46.0 Å². The number of rotatable bonds is 9. The summed E-state index contributed by atoms with van der Waals surface area (Å²) in [5, 5.41) is 34.5. The van der Waals surface area contributed by atoms with E-state index in [-0.39, 0.29) is 57.5 Å². The first-order chi connectivity index (χ1) is 19.6. The number of hydrogen-bond donors (Lipinski definition) is 2. The Labute approximate surface area is 229 Å². The summed E-state index contributed by atoms with van der Waals surface area (Å²) in [6.07, 6.45) is 3.65. The van der Waals surface area contributed by atoms with Crippen LogP contribution in [-0.2, 0) is 0 Å². The molecule has 0 aliphatic carbocycles. The second-order valence-corrected chi connectivity index (χ2v) is 8.90. The smallest absolute Gasteiger partial charge is 0.335 e. The fourth-order valence-corrected chi connectivity index (χ4v) is 4.00. The first-order valence-corrected chi connectivity index (χ1v) is 12.1. The Morgan fingerprint density at radius 1 is 0.683 bits per heavy atom. The average molecular weight is 559 g/mol. The van der Waals surface area contributed by atoms with E-state index in [1.807, 2.05) is 6.92 Å². The number of Topliss-reactive ketones (excluding diaryl/α,β-unsaturated/α-hetero) is 1. The first kappa shape index (κ1) is 26.9. The summed E-state index contributed by atoms with van der Waals surface area (Å²) in [4.78, 5) is 40.0. The van der Waals surface area contributed by atoms with Crippen LogP contribution in [0.1, 0.15) is 50.8 Å². The Balaban J connectivity index is 1.56. The molecule has 0 aliphatic rings. The molecule has 0 bridgehead atoms. The Kier molecular flexibility index (Phi) is 7.12. The highest BCUT2D eigenvalue weighted by Crippen LogP contribution is 2.25. The topological polar surface area (TPSA) is 166 Å². The van der Waals surface area contributed by atoms with Gasteiger partial charge >= 0.3 is 11.9 Å². The van der Waals surface area contributed by atoms with Crippen molar-refractivity contribution in [1.29, 1.82) is 0 Å². The van der Waals surface area contributed by atoms with Gasteiger partial charge in [0, 0.05) is 12.0 Å². The molecule has 14 heteroatoms. The van der Waals surface area contributed by atoms with Crippen LogP contribution in [0.25, 0.3) is 34.2 Å². The summed E-state index contributed by atoms with van der Waals surface area (Å²) >= 11 is 0. The van der Waals surface area contributed by atoms with Crippen molar-refractivity contribution in [3.63, 3.8) is 0 Å². The lowest BCUT2D eigenvalue weighted by Gasteiger charge is -2.06. The molecular weight excluding hydrogens is 540 g/mol. The van der Waals surface area contributed by atoms with E-state index in [2.05, 4.69) is 25.6 Å². The van der Waals surface area contributed by atoms with E-state index in [0.717, 1.165) is 24.3 Å². The molecule has 12 nitrogen and oxygen atoms in total. The number of halogens is 2. The molecule has 0 saturated heterocycles. The molecule has 0 atom stereocenters. The van der Waals surface area contributed by atoms with Gasteiger partial charge in [0.05, 0.1) is 46.3 Å². The lowest BCUT2D eigenvalue weighted by Crippen LogP contribution is -2.02. The molecule has 5 rings (SSSR count). The molecular formula is C27H19F2N7O5. The van der Waals surface area contributed by atoms with Gasteiger partial charge in [0.15, 0.2) is 5.78 Å². The van der Waals surface area contributed by atoms with Gasteiger partial charge in [-0.3, -0.25) is 4.79 Å². The summed E-state index contributed by atoms with van der Waals surface area (Å²) in [6.45, 7) is 1.85. The molecule has 0 spiro atoms. The number of aromatic nitrogens is 7. The standard InChI is InChI=1S/C27H19F2N7O5/c1-2-3-25(37)14-8-21(23-12-35(33-31-23)19-6-15(26(38)39)4-17(28)10-19)30-22(9-14)24-13-36(34-32-24)20-7-16(27(40)41)5-18(29)11-20/h4-13H,2-3H2,1H3,(H,38,39)(H,40,41). The monoisotopic (exact) mass is 559 g/mol. The molecule has 0 saturated carbocycles. The summed E-state index contributed by atoms with van der Waals surface area (Å²) in [5.41, 5.74) is 0.797. The van der Waals surface area contributed by atoms with E-state index < -0.39 is 23.6 Å². The number of benzene rings is 2. The first-order valence-electron chi connectivity index (χ1n) is 12.1. The van der Waals surface area contributed by atoms with Crippen LogP contribution in [0.5, 0.6) is 0 Å². The summed E-state index contributed by atoms with van der Waals surface area (Å²) in [7, 11) is 0. The third kappa shape index (κ3) is 5.71. The van der Waals surface area contributed by atoms with Crippen molar-refractivity contribution in [2.75, 3.05) is 0 Å². The van der Waals surface area contributed by atoms with E-state index in [4.69, 9.17) is 0 Å². The third-order valence-corrected chi connectivity index (χ3v) is 5.92. The third-order valence-electron chi connectivity index (χ3n) is 5.92. The number of aromatic carboxylic acids is 2. The minimum absolute atomic E-state index is 0.110. The van der Waals surface area contributed by atoms with Crippen LogP contribution in [0.4, 0.5) is 8.78 Å². The van der Waals surface area contributed by atoms with Gasteiger partial charge in [-0.2, -0.15) is 0 Å². The number of carbonyl (C=O) groups excluding carboxylic acids is 1. The van der Waals surface area contributed by atoms with Crippen LogP contribution in [-0.4, -0.2) is 62.9 Å². The van der Waals surface area contributed by atoms with Crippen molar-refractivity contribution in [2.45, 2.75) is 19.8 Å². The van der Waals surface area contributed by atoms with Crippen LogP contribution in [0.3, 0.4) is 0 Å². The Morgan fingerprint density at radius 2 is 1.15 bits per heavy atom. The number of hydrogen-bond acceptors (Lipinski definition) is 8. The summed E-state index contributed by atoms with van der Waals surface area (Å²) < 4.78 is 30.4. The molecule has 41 heavy (non-hydrogen) atoms. The Hall–Kier alpha value is -5.66. The fourth-order valence-electron chi connectivity index (χ4n) is 4.00. The second kappa shape index (κ2) is 10.8. The van der Waals surface area contributed by atoms with Gasteiger partial charge in [0.2, 0.25) is 0 Å². The zero-order chi connectivity index (χ0) is 29.3. The van der Waals surface area contributed by atoms with Crippen LogP contribution < -0.4 is 0 Å². The summed E-state index contributed by atoms with van der Waals surface area (Å²) in [6, 6.07) is 9.41. The molecule has 5 aromatic rings. The van der Waals surface area contributed by atoms with E-state index in [9.17, 15) is 33.4 Å². The van der Waals surface area contributed by atoms with Gasteiger partial charge in [-0.1, -0.05) is 17.4 Å². The number of carboxylic acids is 2. The fraction of sp³-hybridized carbons (Fsp3) is 0.111. The predicted octanol–water partition coefficient (Wildman–Crippen LogP) is 4.23. The van der Waals surface area contributed by atoms with Crippen molar-refractivity contribution in [3.8, 4) is 34.2 Å². The molecule has 3 aromatic heterocycles. The van der Waals surface area contributed by atoms with Gasteiger partial charge < -0.3 is 10.2 Å². The molecule has 0 aliphatic heterocycles. The highest BCUT2D eigenvalue weighted by molar-refractivity contribution is 5.97. The molecule has 2 aromatic carbocycles. The maximum Gasteiger partial charge on any atom is 0.335 e. The Bertz CT molecular complexity index is 1710. The van der Waals surface area contributed by atoms with Crippen molar-refractivity contribution < 1.29 is 33.4 Å². The SMILES string of the molecule is CCCC(=O)c1cc(-c2cn(-c3cc(F)cc(C(=O)O)c3)nn2)nc(-c2cn(-c3cc(F)cc(C(=O)O)c3)nn2)c1. The van der Waals surface area contributed by atoms with Gasteiger partial charge in [-0.05, 0) is 55.0 Å². The zero-order valence-corrected chi connectivity index (χ0v) is 21.2. The maximum absolute atomic E-state index is 14.0. The largest absolute Gasteiger partial charge is 0.478 e. The van der Waals surface area contributed by atoms with Crippen LogP contribution in [0, 0.1) is 11.6 Å². The van der Waals surface area contributed by atoms with Crippen LogP contribution >= 0.6 is 0 Å². The van der Waals surface area contributed by atoms with Crippen LogP contribution in [0.15, 0.2) is 60.9 Å². The predicted molar refractivity (Wildman–Crippen MR) is 138 cm³/mol.